The van der Waals surface area contributed by atoms with Gasteiger partial charge in [-0.15, -0.1) is 0 Å². The molecule has 2 saturated heterocycles. The van der Waals surface area contributed by atoms with Gasteiger partial charge in [0.2, 0.25) is 5.91 Å². The van der Waals surface area contributed by atoms with Gasteiger partial charge in [0.05, 0.1) is 0 Å². The minimum Gasteiger partial charge on any atom is -0.340 e. The summed E-state index contributed by atoms with van der Waals surface area (Å²) in [6.07, 6.45) is 3.57. The highest BCUT2D eigenvalue weighted by Gasteiger charge is 2.48. The SMILES string of the molecule is CCNC(=O)NC1(C(=O)N2C[C@H]3CNC[C@H]3C2)CCCC1. The van der Waals surface area contributed by atoms with Crippen LogP contribution in [0.25, 0.3) is 0 Å². The molecule has 6 heteroatoms. The molecule has 0 aromatic carbocycles. The first-order valence-corrected chi connectivity index (χ1v) is 8.21. The molecule has 0 aromatic rings. The average Bonchev–Trinajstić information content (AvgIpc) is 3.12. The third-order valence-electron chi connectivity index (χ3n) is 5.23. The lowest BCUT2D eigenvalue weighted by atomic mass is 9.95. The number of fused-ring (bicyclic) bond motifs is 1. The summed E-state index contributed by atoms with van der Waals surface area (Å²) in [5.74, 6) is 1.33. The number of nitrogens with zero attached hydrogens (tertiary/aromatic N) is 1. The van der Waals surface area contributed by atoms with Gasteiger partial charge in [0.25, 0.3) is 0 Å². The standard InChI is InChI=1S/C15H26N4O2/c1-2-17-14(21)18-15(5-3-4-6-15)13(20)19-9-11-7-16-8-12(11)10-19/h11-12,16H,2-10H2,1H3,(H2,17,18,21)/t11-,12+. The lowest BCUT2D eigenvalue weighted by molar-refractivity contribution is -0.137. The fraction of sp³-hybridized carbons (Fsp3) is 0.867. The molecule has 0 aromatic heterocycles. The molecule has 3 N–H and O–H groups in total. The van der Waals surface area contributed by atoms with Crippen LogP contribution in [-0.2, 0) is 4.79 Å². The Labute approximate surface area is 126 Å². The summed E-state index contributed by atoms with van der Waals surface area (Å²) in [6, 6.07) is -0.214. The lowest BCUT2D eigenvalue weighted by Gasteiger charge is -2.33. The van der Waals surface area contributed by atoms with Crippen molar-refractivity contribution in [3.05, 3.63) is 0 Å². The van der Waals surface area contributed by atoms with Crippen LogP contribution in [0.4, 0.5) is 4.79 Å². The number of hydrogen-bond donors (Lipinski definition) is 3. The maximum atomic E-state index is 13.0. The number of carbonyl (C=O) groups is 2. The lowest BCUT2D eigenvalue weighted by Crippen LogP contribution is -2.60. The van der Waals surface area contributed by atoms with E-state index in [1.54, 1.807) is 0 Å². The predicted molar refractivity (Wildman–Crippen MR) is 79.8 cm³/mol. The van der Waals surface area contributed by atoms with E-state index in [4.69, 9.17) is 0 Å². The third kappa shape index (κ3) is 2.73. The Morgan fingerprint density at radius 1 is 1.19 bits per heavy atom. The molecule has 1 aliphatic carbocycles. The van der Waals surface area contributed by atoms with Crippen LogP contribution in [0.15, 0.2) is 0 Å². The number of urea groups is 1. The first-order chi connectivity index (χ1) is 10.1. The topological polar surface area (TPSA) is 73.5 Å². The van der Waals surface area contributed by atoms with Crippen molar-refractivity contribution >= 4 is 11.9 Å². The smallest absolute Gasteiger partial charge is 0.315 e. The van der Waals surface area contributed by atoms with Crippen LogP contribution in [0.5, 0.6) is 0 Å². The molecule has 0 unspecified atom stereocenters. The van der Waals surface area contributed by atoms with Gasteiger partial charge in [-0.25, -0.2) is 4.79 Å². The summed E-state index contributed by atoms with van der Waals surface area (Å²) in [5, 5.41) is 9.12. The maximum absolute atomic E-state index is 13.0. The highest BCUT2D eigenvalue weighted by Crippen LogP contribution is 2.35. The van der Waals surface area contributed by atoms with E-state index in [0.29, 0.717) is 18.4 Å². The van der Waals surface area contributed by atoms with Crippen molar-refractivity contribution in [3.8, 4) is 0 Å². The summed E-state index contributed by atoms with van der Waals surface area (Å²) < 4.78 is 0. The maximum Gasteiger partial charge on any atom is 0.315 e. The van der Waals surface area contributed by atoms with E-state index < -0.39 is 5.54 Å². The molecule has 0 radical (unpaired) electrons. The number of likely N-dealkylation sites (tertiary alicyclic amines) is 1. The van der Waals surface area contributed by atoms with Crippen molar-refractivity contribution in [2.45, 2.75) is 38.1 Å². The zero-order chi connectivity index (χ0) is 14.9. The zero-order valence-corrected chi connectivity index (χ0v) is 12.8. The molecule has 3 fully saturated rings. The van der Waals surface area contributed by atoms with E-state index in [-0.39, 0.29) is 11.9 Å². The van der Waals surface area contributed by atoms with Gasteiger partial charge in [0.1, 0.15) is 5.54 Å². The van der Waals surface area contributed by atoms with E-state index >= 15 is 0 Å². The minimum absolute atomic E-state index is 0.139. The molecule has 0 bridgehead atoms. The van der Waals surface area contributed by atoms with Gasteiger partial charge in [-0.05, 0) is 31.6 Å². The van der Waals surface area contributed by atoms with Crippen molar-refractivity contribution < 1.29 is 9.59 Å². The quantitative estimate of drug-likeness (QED) is 0.701. The van der Waals surface area contributed by atoms with Crippen LogP contribution in [0.3, 0.4) is 0 Å². The number of amides is 3. The van der Waals surface area contributed by atoms with Crippen molar-refractivity contribution in [1.29, 1.82) is 0 Å². The molecule has 3 rings (SSSR count). The predicted octanol–water partition coefficient (Wildman–Crippen LogP) is 0.296. The highest BCUT2D eigenvalue weighted by molar-refractivity contribution is 5.91. The normalized spacial score (nSPS) is 30.2. The van der Waals surface area contributed by atoms with E-state index in [9.17, 15) is 9.59 Å². The molecule has 0 spiro atoms. The molecule has 2 heterocycles. The van der Waals surface area contributed by atoms with E-state index in [1.165, 1.54) is 0 Å². The molecule has 6 nitrogen and oxygen atoms in total. The molecule has 118 valence electrons. The van der Waals surface area contributed by atoms with Crippen molar-refractivity contribution in [2.24, 2.45) is 11.8 Å². The molecule has 3 aliphatic rings. The van der Waals surface area contributed by atoms with Gasteiger partial charge in [-0.1, -0.05) is 12.8 Å². The van der Waals surface area contributed by atoms with Gasteiger partial charge in [-0.2, -0.15) is 0 Å². The molecule has 1 saturated carbocycles. The Balaban J connectivity index is 1.68. The Kier molecular flexibility index (Phi) is 4.06. The first kappa shape index (κ1) is 14.6. The summed E-state index contributed by atoms with van der Waals surface area (Å²) in [6.45, 7) is 6.19. The van der Waals surface area contributed by atoms with Crippen LogP contribution >= 0.6 is 0 Å². The molecule has 2 aliphatic heterocycles. The van der Waals surface area contributed by atoms with Gasteiger partial charge in [0.15, 0.2) is 0 Å². The van der Waals surface area contributed by atoms with E-state index in [0.717, 1.165) is 51.9 Å². The monoisotopic (exact) mass is 294 g/mol. The highest BCUT2D eigenvalue weighted by atomic mass is 16.2. The van der Waals surface area contributed by atoms with Gasteiger partial charge < -0.3 is 20.9 Å². The Morgan fingerprint density at radius 3 is 2.38 bits per heavy atom. The Bertz CT molecular complexity index is 408. The van der Waals surface area contributed by atoms with Crippen LogP contribution in [0.2, 0.25) is 0 Å². The Hall–Kier alpha value is -1.30. The van der Waals surface area contributed by atoms with Crippen LogP contribution < -0.4 is 16.0 Å². The second-order valence-corrected chi connectivity index (χ2v) is 6.66. The number of hydrogen-bond acceptors (Lipinski definition) is 3. The fourth-order valence-corrected chi connectivity index (χ4v) is 4.12. The van der Waals surface area contributed by atoms with E-state index in [2.05, 4.69) is 16.0 Å². The first-order valence-electron chi connectivity index (χ1n) is 8.21. The largest absolute Gasteiger partial charge is 0.340 e. The number of rotatable bonds is 3. The summed E-state index contributed by atoms with van der Waals surface area (Å²) in [7, 11) is 0. The third-order valence-corrected chi connectivity index (χ3v) is 5.23. The minimum atomic E-state index is -0.661. The molecule has 2 atom stereocenters. The van der Waals surface area contributed by atoms with Crippen molar-refractivity contribution in [3.63, 3.8) is 0 Å². The second kappa shape index (κ2) is 5.83. The summed E-state index contributed by atoms with van der Waals surface area (Å²) in [4.78, 5) is 26.9. The van der Waals surface area contributed by atoms with Gasteiger partial charge >= 0.3 is 6.03 Å². The fourth-order valence-electron chi connectivity index (χ4n) is 4.12. The number of carbonyl (C=O) groups excluding carboxylic acids is 2. The average molecular weight is 294 g/mol. The molecule has 21 heavy (non-hydrogen) atoms. The van der Waals surface area contributed by atoms with Crippen LogP contribution in [0, 0.1) is 11.8 Å². The molecular weight excluding hydrogens is 268 g/mol. The number of nitrogens with one attached hydrogen (secondary N) is 3. The van der Waals surface area contributed by atoms with Gasteiger partial charge in [-0.3, -0.25) is 4.79 Å². The summed E-state index contributed by atoms with van der Waals surface area (Å²) in [5.41, 5.74) is -0.661. The van der Waals surface area contributed by atoms with Crippen molar-refractivity contribution in [1.82, 2.24) is 20.9 Å². The zero-order valence-electron chi connectivity index (χ0n) is 12.8. The van der Waals surface area contributed by atoms with Crippen molar-refractivity contribution in [2.75, 3.05) is 32.7 Å². The second-order valence-electron chi connectivity index (χ2n) is 6.66. The molecular formula is C15H26N4O2. The molecule has 3 amide bonds. The Morgan fingerprint density at radius 2 is 1.81 bits per heavy atom. The summed E-state index contributed by atoms with van der Waals surface area (Å²) >= 11 is 0. The van der Waals surface area contributed by atoms with Gasteiger partial charge in [0, 0.05) is 32.7 Å². The van der Waals surface area contributed by atoms with Crippen LogP contribution in [-0.4, -0.2) is 55.1 Å². The van der Waals surface area contributed by atoms with E-state index in [1.807, 2.05) is 11.8 Å². The van der Waals surface area contributed by atoms with Crippen LogP contribution in [0.1, 0.15) is 32.6 Å².